The van der Waals surface area contributed by atoms with Crippen molar-refractivity contribution in [3.63, 3.8) is 0 Å². The molecule has 8 heteroatoms. The zero-order valence-electron chi connectivity index (χ0n) is 20.1. The summed E-state index contributed by atoms with van der Waals surface area (Å²) in [6.45, 7) is 0.484. The van der Waals surface area contributed by atoms with Crippen LogP contribution in [0.4, 0.5) is 0 Å². The third kappa shape index (κ3) is 6.20. The van der Waals surface area contributed by atoms with Crippen molar-refractivity contribution < 1.29 is 14.3 Å². The van der Waals surface area contributed by atoms with Crippen molar-refractivity contribution in [3.8, 4) is 17.0 Å². The van der Waals surface area contributed by atoms with Gasteiger partial charge < -0.3 is 15.4 Å². The maximum atomic E-state index is 13.3. The summed E-state index contributed by atoms with van der Waals surface area (Å²) >= 11 is 3.45. The predicted octanol–water partition coefficient (Wildman–Crippen LogP) is 4.46. The van der Waals surface area contributed by atoms with Crippen LogP contribution >= 0.6 is 15.9 Å². The van der Waals surface area contributed by atoms with Crippen LogP contribution < -0.4 is 15.4 Å². The highest BCUT2D eigenvalue weighted by atomic mass is 79.9. The Morgan fingerprint density at radius 2 is 1.72 bits per heavy atom. The van der Waals surface area contributed by atoms with Gasteiger partial charge in [-0.15, -0.1) is 0 Å². The quantitative estimate of drug-likeness (QED) is 0.324. The molecule has 0 bridgehead atoms. The Hall–Kier alpha value is -3.91. The minimum absolute atomic E-state index is 0.229. The molecule has 0 aliphatic rings. The Bertz CT molecular complexity index is 1350. The molecule has 7 nitrogen and oxygen atoms in total. The van der Waals surface area contributed by atoms with Crippen LogP contribution in [0, 0.1) is 0 Å². The van der Waals surface area contributed by atoms with E-state index in [0.717, 1.165) is 26.9 Å². The van der Waals surface area contributed by atoms with Crippen molar-refractivity contribution in [3.05, 3.63) is 106 Å². The van der Waals surface area contributed by atoms with Gasteiger partial charge in [0.2, 0.25) is 5.91 Å². The number of hydrogen-bond donors (Lipinski definition) is 2. The molecular formula is C28H27BrN4O3. The summed E-state index contributed by atoms with van der Waals surface area (Å²) < 4.78 is 8.09. The van der Waals surface area contributed by atoms with Gasteiger partial charge in [-0.05, 0) is 41.5 Å². The van der Waals surface area contributed by atoms with Gasteiger partial charge in [-0.2, -0.15) is 5.10 Å². The first kappa shape index (κ1) is 25.2. The standard InChI is InChI=1S/C28H27BrN4O3/c1-30-27(34)24(15-20-10-6-12-22(29)14-20)31-28(35)25-17-26(21-11-7-13-23(16-21)36-2)33(32-25)18-19-8-4-3-5-9-19/h3-14,16-17,24H,15,18H2,1-2H3,(H,30,34)(H,31,35)/t24-/m0/s1. The lowest BCUT2D eigenvalue weighted by molar-refractivity contribution is -0.122. The minimum atomic E-state index is -0.753. The number of aromatic nitrogens is 2. The summed E-state index contributed by atoms with van der Waals surface area (Å²) in [4.78, 5) is 25.9. The van der Waals surface area contributed by atoms with E-state index in [2.05, 4.69) is 31.7 Å². The molecule has 2 N–H and O–H groups in total. The minimum Gasteiger partial charge on any atom is -0.497 e. The van der Waals surface area contributed by atoms with Gasteiger partial charge in [0.25, 0.3) is 5.91 Å². The highest BCUT2D eigenvalue weighted by molar-refractivity contribution is 9.10. The smallest absolute Gasteiger partial charge is 0.272 e. The van der Waals surface area contributed by atoms with Crippen LogP contribution in [-0.4, -0.2) is 41.8 Å². The average molecular weight is 547 g/mol. The van der Waals surface area contributed by atoms with E-state index < -0.39 is 11.9 Å². The van der Waals surface area contributed by atoms with E-state index in [1.165, 1.54) is 0 Å². The van der Waals surface area contributed by atoms with E-state index in [-0.39, 0.29) is 11.6 Å². The number of likely N-dealkylation sites (N-methyl/N-ethyl adjacent to an activating group) is 1. The highest BCUT2D eigenvalue weighted by Crippen LogP contribution is 2.26. The Balaban J connectivity index is 1.64. The lowest BCUT2D eigenvalue weighted by atomic mass is 10.0. The monoisotopic (exact) mass is 546 g/mol. The normalized spacial score (nSPS) is 11.5. The number of amides is 2. The second-order valence-electron chi connectivity index (χ2n) is 8.26. The fourth-order valence-electron chi connectivity index (χ4n) is 3.93. The number of carbonyl (C=O) groups excluding carboxylic acids is 2. The summed E-state index contributed by atoms with van der Waals surface area (Å²) in [5.74, 6) is 0.00860. The van der Waals surface area contributed by atoms with E-state index >= 15 is 0 Å². The van der Waals surface area contributed by atoms with Crippen LogP contribution in [-0.2, 0) is 17.8 Å². The van der Waals surface area contributed by atoms with E-state index in [9.17, 15) is 9.59 Å². The number of methoxy groups -OCH3 is 1. The third-order valence-corrected chi connectivity index (χ3v) is 6.24. The lowest BCUT2D eigenvalue weighted by Crippen LogP contribution is -2.47. The molecular weight excluding hydrogens is 520 g/mol. The fraction of sp³-hybridized carbons (Fsp3) is 0.179. The van der Waals surface area contributed by atoms with Crippen LogP contribution in [0.1, 0.15) is 21.6 Å². The first-order chi connectivity index (χ1) is 17.5. The molecule has 4 aromatic rings. The van der Waals surface area contributed by atoms with E-state index in [0.29, 0.717) is 18.7 Å². The van der Waals surface area contributed by atoms with Crippen molar-refractivity contribution in [2.45, 2.75) is 19.0 Å². The molecule has 2 amide bonds. The number of rotatable bonds is 9. The Morgan fingerprint density at radius 3 is 2.44 bits per heavy atom. The maximum Gasteiger partial charge on any atom is 0.272 e. The van der Waals surface area contributed by atoms with Crippen LogP contribution in [0.5, 0.6) is 5.75 Å². The number of halogens is 1. The van der Waals surface area contributed by atoms with Gasteiger partial charge in [-0.1, -0.05) is 70.5 Å². The molecule has 3 aromatic carbocycles. The number of hydrogen-bond acceptors (Lipinski definition) is 4. The van der Waals surface area contributed by atoms with Crippen molar-refractivity contribution in [2.24, 2.45) is 0 Å². The maximum absolute atomic E-state index is 13.3. The van der Waals surface area contributed by atoms with E-state index in [1.807, 2.05) is 78.9 Å². The number of nitrogens with one attached hydrogen (secondary N) is 2. The van der Waals surface area contributed by atoms with Crippen LogP contribution in [0.2, 0.25) is 0 Å². The highest BCUT2D eigenvalue weighted by Gasteiger charge is 2.24. The van der Waals surface area contributed by atoms with Crippen molar-refractivity contribution in [2.75, 3.05) is 14.2 Å². The van der Waals surface area contributed by atoms with E-state index in [4.69, 9.17) is 4.74 Å². The zero-order chi connectivity index (χ0) is 25.5. The molecule has 0 aliphatic carbocycles. The first-order valence-corrected chi connectivity index (χ1v) is 12.3. The largest absolute Gasteiger partial charge is 0.497 e. The molecule has 184 valence electrons. The lowest BCUT2D eigenvalue weighted by Gasteiger charge is -2.17. The predicted molar refractivity (Wildman–Crippen MR) is 143 cm³/mol. The third-order valence-electron chi connectivity index (χ3n) is 5.75. The number of benzene rings is 3. The van der Waals surface area contributed by atoms with Gasteiger partial charge in [0.15, 0.2) is 5.69 Å². The summed E-state index contributed by atoms with van der Waals surface area (Å²) in [6, 6.07) is 26.2. The van der Waals surface area contributed by atoms with Gasteiger partial charge in [0, 0.05) is 23.5 Å². The molecule has 36 heavy (non-hydrogen) atoms. The van der Waals surface area contributed by atoms with Crippen molar-refractivity contribution in [1.82, 2.24) is 20.4 Å². The molecule has 0 saturated heterocycles. The second kappa shape index (κ2) is 11.7. The van der Waals surface area contributed by atoms with Gasteiger partial charge in [-0.3, -0.25) is 14.3 Å². The van der Waals surface area contributed by atoms with Crippen molar-refractivity contribution in [1.29, 1.82) is 0 Å². The summed E-state index contributed by atoms with van der Waals surface area (Å²) in [6.07, 6.45) is 0.346. The van der Waals surface area contributed by atoms with E-state index in [1.54, 1.807) is 24.9 Å². The molecule has 0 saturated carbocycles. The summed E-state index contributed by atoms with van der Waals surface area (Å²) in [7, 11) is 3.17. The molecule has 1 atom stereocenters. The van der Waals surface area contributed by atoms with Gasteiger partial charge in [0.05, 0.1) is 19.3 Å². The number of carbonyl (C=O) groups is 2. The van der Waals surface area contributed by atoms with Gasteiger partial charge in [-0.25, -0.2) is 0 Å². The Morgan fingerprint density at radius 1 is 0.972 bits per heavy atom. The summed E-state index contributed by atoms with van der Waals surface area (Å²) in [5.41, 5.74) is 3.84. The van der Waals surface area contributed by atoms with Crippen LogP contribution in [0.25, 0.3) is 11.3 Å². The topological polar surface area (TPSA) is 85.3 Å². The molecule has 0 spiro atoms. The SMILES string of the molecule is CNC(=O)[C@H](Cc1cccc(Br)c1)NC(=O)c1cc(-c2cccc(OC)c2)n(Cc2ccccc2)n1. The molecule has 0 unspecified atom stereocenters. The second-order valence-corrected chi connectivity index (χ2v) is 9.18. The zero-order valence-corrected chi connectivity index (χ0v) is 21.7. The summed E-state index contributed by atoms with van der Waals surface area (Å²) in [5, 5.41) is 10.1. The molecule has 4 rings (SSSR count). The van der Waals surface area contributed by atoms with Gasteiger partial charge in [0.1, 0.15) is 11.8 Å². The molecule has 1 aromatic heterocycles. The molecule has 0 radical (unpaired) electrons. The molecule has 1 heterocycles. The fourth-order valence-corrected chi connectivity index (χ4v) is 4.38. The Kier molecular flexibility index (Phi) is 8.17. The van der Waals surface area contributed by atoms with Crippen molar-refractivity contribution >= 4 is 27.7 Å². The first-order valence-electron chi connectivity index (χ1n) is 11.5. The Labute approximate surface area is 218 Å². The number of ether oxygens (including phenoxy) is 1. The number of nitrogens with zero attached hydrogens (tertiary/aromatic N) is 2. The van der Waals surface area contributed by atoms with Crippen LogP contribution in [0.3, 0.4) is 0 Å². The molecule has 0 fully saturated rings. The molecule has 0 aliphatic heterocycles. The van der Waals surface area contributed by atoms with Crippen LogP contribution in [0.15, 0.2) is 89.4 Å². The average Bonchev–Trinajstić information content (AvgIpc) is 3.32. The van der Waals surface area contributed by atoms with Gasteiger partial charge >= 0.3 is 0 Å².